The summed E-state index contributed by atoms with van der Waals surface area (Å²) in [6.07, 6.45) is -3.68. The van der Waals surface area contributed by atoms with Gasteiger partial charge in [0.05, 0.1) is 24.2 Å². The van der Waals surface area contributed by atoms with Crippen molar-refractivity contribution in [3.63, 3.8) is 0 Å². The fourth-order valence-electron chi connectivity index (χ4n) is 1.51. The van der Waals surface area contributed by atoms with E-state index in [2.05, 4.69) is 4.74 Å². The van der Waals surface area contributed by atoms with E-state index in [1.54, 1.807) is 0 Å². The van der Waals surface area contributed by atoms with Crippen LogP contribution in [0.2, 0.25) is 5.02 Å². The van der Waals surface area contributed by atoms with Gasteiger partial charge >= 0.3 is 11.7 Å². The second kappa shape index (κ2) is 6.51. The number of benzene rings is 1. The topological polar surface area (TPSA) is 119 Å². The van der Waals surface area contributed by atoms with E-state index in [0.29, 0.717) is 0 Å². The monoisotopic (exact) mass is 305 g/mol. The molecule has 110 valence electrons. The highest BCUT2D eigenvalue weighted by molar-refractivity contribution is 6.31. The van der Waals surface area contributed by atoms with E-state index in [4.69, 9.17) is 16.3 Å². The number of esters is 1. The van der Waals surface area contributed by atoms with Crippen molar-refractivity contribution in [2.75, 3.05) is 14.2 Å². The number of carbonyl (C=O) groups is 1. The molecule has 0 saturated heterocycles. The lowest BCUT2D eigenvalue weighted by Gasteiger charge is -2.17. The summed E-state index contributed by atoms with van der Waals surface area (Å²) in [6, 6.07) is 2.04. The Labute approximate surface area is 118 Å². The van der Waals surface area contributed by atoms with Crippen molar-refractivity contribution in [2.45, 2.75) is 12.2 Å². The summed E-state index contributed by atoms with van der Waals surface area (Å²) in [4.78, 5) is 21.3. The zero-order chi connectivity index (χ0) is 15.4. The molecule has 0 bridgehead atoms. The van der Waals surface area contributed by atoms with E-state index in [1.165, 1.54) is 7.11 Å². The van der Waals surface area contributed by atoms with E-state index in [0.717, 1.165) is 19.2 Å². The van der Waals surface area contributed by atoms with Gasteiger partial charge in [0.1, 0.15) is 6.10 Å². The number of aliphatic hydroxyl groups is 2. The first-order valence-electron chi connectivity index (χ1n) is 5.29. The fraction of sp³-hybridized carbons (Fsp3) is 0.364. The average molecular weight is 306 g/mol. The second-order valence-electron chi connectivity index (χ2n) is 3.72. The molecule has 0 aromatic heterocycles. The molecule has 0 fully saturated rings. The molecule has 1 aromatic rings. The Hall–Kier alpha value is -1.90. The molecule has 0 saturated carbocycles. The Kier molecular flexibility index (Phi) is 5.26. The highest BCUT2D eigenvalue weighted by Gasteiger charge is 2.30. The van der Waals surface area contributed by atoms with Gasteiger partial charge in [0.25, 0.3) is 0 Å². The lowest BCUT2D eigenvalue weighted by Crippen LogP contribution is -2.29. The van der Waals surface area contributed by atoms with Crippen LogP contribution in [0.25, 0.3) is 0 Å². The highest BCUT2D eigenvalue weighted by atomic mass is 35.5. The number of rotatable bonds is 5. The SMILES string of the molecule is COC(=O)C(O)C(O)c1cc([N+](=O)[O-])c(OC)cc1Cl. The minimum atomic E-state index is -1.91. The molecule has 0 radical (unpaired) electrons. The van der Waals surface area contributed by atoms with Gasteiger partial charge in [0.2, 0.25) is 0 Å². The first-order valence-corrected chi connectivity index (χ1v) is 5.67. The third-order valence-corrected chi connectivity index (χ3v) is 2.88. The van der Waals surface area contributed by atoms with Crippen LogP contribution in [0.4, 0.5) is 5.69 Å². The quantitative estimate of drug-likeness (QED) is 0.469. The Bertz CT molecular complexity index is 534. The number of nitro groups is 1. The van der Waals surface area contributed by atoms with Crippen molar-refractivity contribution < 1.29 is 29.4 Å². The molecule has 0 amide bonds. The molecule has 2 unspecified atom stereocenters. The normalized spacial score (nSPS) is 13.4. The van der Waals surface area contributed by atoms with Crippen molar-refractivity contribution in [1.29, 1.82) is 0 Å². The molecular weight excluding hydrogens is 294 g/mol. The summed E-state index contributed by atoms with van der Waals surface area (Å²) in [5.74, 6) is -1.20. The van der Waals surface area contributed by atoms with Gasteiger partial charge in [-0.2, -0.15) is 0 Å². The van der Waals surface area contributed by atoms with Gasteiger partial charge in [-0.25, -0.2) is 4.79 Å². The van der Waals surface area contributed by atoms with Gasteiger partial charge < -0.3 is 19.7 Å². The third kappa shape index (κ3) is 3.16. The summed E-state index contributed by atoms with van der Waals surface area (Å²) in [7, 11) is 2.24. The third-order valence-electron chi connectivity index (χ3n) is 2.56. The van der Waals surface area contributed by atoms with Crippen LogP contribution >= 0.6 is 11.6 Å². The van der Waals surface area contributed by atoms with E-state index >= 15 is 0 Å². The molecule has 0 heterocycles. The van der Waals surface area contributed by atoms with Crippen LogP contribution < -0.4 is 4.74 Å². The minimum Gasteiger partial charge on any atom is -0.490 e. The number of hydrogen-bond acceptors (Lipinski definition) is 7. The van der Waals surface area contributed by atoms with Gasteiger partial charge in [-0.1, -0.05) is 11.6 Å². The molecule has 20 heavy (non-hydrogen) atoms. The average Bonchev–Trinajstić information content (AvgIpc) is 2.43. The maximum absolute atomic E-state index is 11.1. The van der Waals surface area contributed by atoms with Crippen LogP contribution in [0.15, 0.2) is 12.1 Å². The van der Waals surface area contributed by atoms with Crippen molar-refractivity contribution in [2.24, 2.45) is 0 Å². The van der Waals surface area contributed by atoms with Gasteiger partial charge in [-0.05, 0) is 0 Å². The van der Waals surface area contributed by atoms with Crippen molar-refractivity contribution in [3.8, 4) is 5.75 Å². The first kappa shape index (κ1) is 16.2. The van der Waals surface area contributed by atoms with Crippen LogP contribution in [-0.2, 0) is 9.53 Å². The predicted octanol–water partition coefficient (Wildman–Crippen LogP) is 0.824. The van der Waals surface area contributed by atoms with E-state index < -0.39 is 28.8 Å². The number of halogens is 1. The van der Waals surface area contributed by atoms with Crippen LogP contribution in [0.5, 0.6) is 5.75 Å². The molecule has 8 nitrogen and oxygen atoms in total. The zero-order valence-electron chi connectivity index (χ0n) is 10.6. The number of nitrogens with zero attached hydrogens (tertiary/aromatic N) is 1. The molecule has 0 aliphatic carbocycles. The minimum absolute atomic E-state index is 0.0945. The molecule has 0 aliphatic heterocycles. The maximum Gasteiger partial charge on any atom is 0.337 e. The van der Waals surface area contributed by atoms with Crippen molar-refractivity contribution in [1.82, 2.24) is 0 Å². The number of nitro benzene ring substituents is 1. The molecular formula is C11H12ClNO7. The van der Waals surface area contributed by atoms with Crippen molar-refractivity contribution in [3.05, 3.63) is 32.8 Å². The largest absolute Gasteiger partial charge is 0.490 e. The van der Waals surface area contributed by atoms with Crippen LogP contribution in [0, 0.1) is 10.1 Å². The molecule has 0 spiro atoms. The van der Waals surface area contributed by atoms with E-state index in [-0.39, 0.29) is 16.3 Å². The van der Waals surface area contributed by atoms with E-state index in [9.17, 15) is 25.1 Å². The molecule has 0 aliphatic rings. The molecule has 1 rings (SSSR count). The Morgan fingerprint density at radius 3 is 2.45 bits per heavy atom. The Morgan fingerprint density at radius 1 is 1.40 bits per heavy atom. The lowest BCUT2D eigenvalue weighted by molar-refractivity contribution is -0.385. The Balaban J connectivity index is 3.28. The summed E-state index contributed by atoms with van der Waals surface area (Å²) in [5, 5.41) is 30.2. The Morgan fingerprint density at radius 2 is 2.00 bits per heavy atom. The summed E-state index contributed by atoms with van der Waals surface area (Å²) in [5.41, 5.74) is -0.639. The maximum atomic E-state index is 11.1. The number of methoxy groups -OCH3 is 2. The lowest BCUT2D eigenvalue weighted by atomic mass is 10.0. The van der Waals surface area contributed by atoms with Gasteiger partial charge in [-0.15, -0.1) is 0 Å². The van der Waals surface area contributed by atoms with Gasteiger partial charge in [0.15, 0.2) is 11.9 Å². The summed E-state index contributed by atoms with van der Waals surface area (Å²) >= 11 is 5.85. The molecule has 2 atom stereocenters. The van der Waals surface area contributed by atoms with Gasteiger partial charge in [0, 0.05) is 17.7 Å². The predicted molar refractivity (Wildman–Crippen MR) is 67.6 cm³/mol. The van der Waals surface area contributed by atoms with E-state index in [1.807, 2.05) is 0 Å². The summed E-state index contributed by atoms with van der Waals surface area (Å²) in [6.45, 7) is 0. The van der Waals surface area contributed by atoms with Gasteiger partial charge in [-0.3, -0.25) is 10.1 Å². The van der Waals surface area contributed by atoms with Crippen LogP contribution in [0.1, 0.15) is 11.7 Å². The van der Waals surface area contributed by atoms with Crippen molar-refractivity contribution >= 4 is 23.3 Å². The smallest absolute Gasteiger partial charge is 0.337 e. The standard InChI is InChI=1S/C11H12ClNO7/c1-19-8-4-6(12)5(3-7(8)13(17)18)9(14)10(15)11(16)20-2/h3-4,9-10,14-15H,1-2H3. The molecule has 1 aromatic carbocycles. The number of aliphatic hydroxyl groups excluding tert-OH is 2. The number of ether oxygens (including phenoxy) is 2. The summed E-state index contributed by atoms with van der Waals surface area (Å²) < 4.78 is 9.06. The fourth-order valence-corrected chi connectivity index (χ4v) is 1.78. The number of hydrogen-bond donors (Lipinski definition) is 2. The van der Waals surface area contributed by atoms with Crippen LogP contribution in [0.3, 0.4) is 0 Å². The molecule has 9 heteroatoms. The first-order chi connectivity index (χ1) is 9.33. The number of carbonyl (C=O) groups excluding carboxylic acids is 1. The highest BCUT2D eigenvalue weighted by Crippen LogP contribution is 2.36. The zero-order valence-corrected chi connectivity index (χ0v) is 11.3. The molecule has 2 N–H and O–H groups in total. The second-order valence-corrected chi connectivity index (χ2v) is 4.12. The van der Waals surface area contributed by atoms with Crippen LogP contribution in [-0.4, -0.2) is 41.4 Å².